The van der Waals surface area contributed by atoms with E-state index < -0.39 is 5.82 Å². The molecule has 1 saturated heterocycles. The minimum Gasteiger partial charge on any atom is -0.496 e. The lowest BCUT2D eigenvalue weighted by Crippen LogP contribution is -2.49. The Hall–Kier alpha value is -3.83. The SMILES string of the molecule is COc1ccccc1-c1nn2c(=O)cc(CN3CCN(C(=O)Nc4cccc(F)c4)CC3)nc2s1. The molecule has 3 heterocycles. The maximum Gasteiger partial charge on any atom is 0.321 e. The predicted octanol–water partition coefficient (Wildman–Crippen LogP) is 3.32. The molecule has 1 fully saturated rings. The maximum atomic E-state index is 13.4. The van der Waals surface area contributed by atoms with Gasteiger partial charge in [0.05, 0.1) is 18.4 Å². The van der Waals surface area contributed by atoms with E-state index in [2.05, 4.69) is 20.3 Å². The number of ether oxygens (including phenoxy) is 1. The Kier molecular flexibility index (Phi) is 6.43. The molecule has 0 saturated carbocycles. The zero-order valence-electron chi connectivity index (χ0n) is 19.0. The molecule has 1 N–H and O–H groups in total. The molecule has 1 aliphatic rings. The number of hydrogen-bond donors (Lipinski definition) is 1. The van der Waals surface area contributed by atoms with Crippen LogP contribution in [0, 0.1) is 5.82 Å². The molecule has 180 valence electrons. The highest BCUT2D eigenvalue weighted by Gasteiger charge is 2.22. The molecular formula is C24H23FN6O3S. The summed E-state index contributed by atoms with van der Waals surface area (Å²) in [7, 11) is 1.60. The summed E-state index contributed by atoms with van der Waals surface area (Å²) < 4.78 is 20.1. The number of amides is 2. The second-order valence-electron chi connectivity index (χ2n) is 8.09. The van der Waals surface area contributed by atoms with E-state index in [9.17, 15) is 14.0 Å². The van der Waals surface area contributed by atoms with Crippen LogP contribution in [0.25, 0.3) is 15.5 Å². The number of methoxy groups -OCH3 is 1. The molecule has 2 aromatic heterocycles. The predicted molar refractivity (Wildman–Crippen MR) is 131 cm³/mol. The number of hydrogen-bond acceptors (Lipinski definition) is 7. The van der Waals surface area contributed by atoms with Gasteiger partial charge in [0.2, 0.25) is 4.96 Å². The molecule has 35 heavy (non-hydrogen) atoms. The zero-order valence-corrected chi connectivity index (χ0v) is 19.8. The molecule has 5 rings (SSSR count). The van der Waals surface area contributed by atoms with E-state index in [1.807, 2.05) is 24.3 Å². The van der Waals surface area contributed by atoms with Crippen LogP contribution in [-0.4, -0.2) is 63.7 Å². The van der Waals surface area contributed by atoms with Crippen molar-refractivity contribution in [2.24, 2.45) is 0 Å². The number of carbonyl (C=O) groups excluding carboxylic acids is 1. The van der Waals surface area contributed by atoms with Crippen molar-refractivity contribution in [1.82, 2.24) is 24.4 Å². The van der Waals surface area contributed by atoms with Crippen molar-refractivity contribution in [3.8, 4) is 16.3 Å². The third kappa shape index (κ3) is 5.00. The Morgan fingerprint density at radius 3 is 2.69 bits per heavy atom. The Bertz CT molecular complexity index is 1430. The smallest absolute Gasteiger partial charge is 0.321 e. The lowest BCUT2D eigenvalue weighted by molar-refractivity contribution is 0.142. The van der Waals surface area contributed by atoms with Gasteiger partial charge in [0.1, 0.15) is 11.6 Å². The summed E-state index contributed by atoms with van der Waals surface area (Å²) in [6.45, 7) is 2.79. The highest BCUT2D eigenvalue weighted by molar-refractivity contribution is 7.19. The number of nitrogens with one attached hydrogen (secondary N) is 1. The highest BCUT2D eigenvalue weighted by atomic mass is 32.1. The first-order valence-corrected chi connectivity index (χ1v) is 11.9. The number of anilines is 1. The van der Waals surface area contributed by atoms with Crippen molar-refractivity contribution in [3.63, 3.8) is 0 Å². The third-order valence-electron chi connectivity index (χ3n) is 5.76. The fourth-order valence-electron chi connectivity index (χ4n) is 3.97. The van der Waals surface area contributed by atoms with Gasteiger partial charge in [-0.2, -0.15) is 9.61 Å². The number of aromatic nitrogens is 3. The Labute approximate surface area is 204 Å². The molecule has 0 aliphatic carbocycles. The highest BCUT2D eigenvalue weighted by Crippen LogP contribution is 2.32. The van der Waals surface area contributed by atoms with Crippen molar-refractivity contribution in [1.29, 1.82) is 0 Å². The molecule has 0 spiro atoms. The number of benzene rings is 2. The van der Waals surface area contributed by atoms with Crippen LogP contribution in [-0.2, 0) is 6.54 Å². The van der Waals surface area contributed by atoms with Crippen LogP contribution < -0.4 is 15.6 Å². The average molecular weight is 495 g/mol. The quantitative estimate of drug-likeness (QED) is 0.458. The lowest BCUT2D eigenvalue weighted by atomic mass is 10.2. The van der Waals surface area contributed by atoms with Crippen LogP contribution in [0.4, 0.5) is 14.9 Å². The molecule has 1 aliphatic heterocycles. The van der Waals surface area contributed by atoms with Crippen molar-refractivity contribution in [2.45, 2.75) is 6.54 Å². The summed E-state index contributed by atoms with van der Waals surface area (Å²) in [5.74, 6) is 0.281. The van der Waals surface area contributed by atoms with E-state index in [4.69, 9.17) is 4.74 Å². The van der Waals surface area contributed by atoms with Gasteiger partial charge in [-0.15, -0.1) is 0 Å². The van der Waals surface area contributed by atoms with Crippen LogP contribution in [0.1, 0.15) is 5.69 Å². The standard InChI is InChI=1S/C24H23FN6O3S/c1-34-20-8-3-2-7-19(20)22-28-31-21(32)14-18(27-24(31)35-22)15-29-9-11-30(12-10-29)23(33)26-17-6-4-5-16(25)13-17/h2-8,13-14H,9-12,15H2,1H3,(H,26,33). The van der Waals surface area contributed by atoms with Gasteiger partial charge < -0.3 is 15.0 Å². The first-order chi connectivity index (χ1) is 17.0. The molecule has 2 aromatic carbocycles. The summed E-state index contributed by atoms with van der Waals surface area (Å²) in [6, 6.07) is 14.6. The van der Waals surface area contributed by atoms with Crippen LogP contribution in [0.15, 0.2) is 59.4 Å². The summed E-state index contributed by atoms with van der Waals surface area (Å²) in [5.41, 5.74) is 1.64. The molecule has 0 radical (unpaired) electrons. The van der Waals surface area contributed by atoms with Gasteiger partial charge in [-0.25, -0.2) is 14.2 Å². The van der Waals surface area contributed by atoms with Crippen LogP contribution in [0.2, 0.25) is 0 Å². The summed E-state index contributed by atoms with van der Waals surface area (Å²) in [4.78, 5) is 34.2. The maximum absolute atomic E-state index is 13.4. The van der Waals surface area contributed by atoms with Crippen molar-refractivity contribution < 1.29 is 13.9 Å². The fourth-order valence-corrected chi connectivity index (χ4v) is 4.93. The van der Waals surface area contributed by atoms with E-state index in [0.29, 0.717) is 59.8 Å². The number of urea groups is 1. The number of fused-ring (bicyclic) bond motifs is 1. The largest absolute Gasteiger partial charge is 0.496 e. The third-order valence-corrected chi connectivity index (χ3v) is 6.70. The Morgan fingerprint density at radius 1 is 1.11 bits per heavy atom. The van der Waals surface area contributed by atoms with Crippen LogP contribution in [0.3, 0.4) is 0 Å². The molecule has 0 unspecified atom stereocenters. The van der Waals surface area contributed by atoms with Gasteiger partial charge in [0.25, 0.3) is 5.56 Å². The van der Waals surface area contributed by atoms with Gasteiger partial charge in [-0.3, -0.25) is 9.69 Å². The normalized spacial score (nSPS) is 14.3. The average Bonchev–Trinajstić information content (AvgIpc) is 3.29. The summed E-state index contributed by atoms with van der Waals surface area (Å²) in [5, 5.41) is 7.82. The monoisotopic (exact) mass is 494 g/mol. The zero-order chi connectivity index (χ0) is 24.4. The number of carbonyl (C=O) groups is 1. The van der Waals surface area contributed by atoms with Gasteiger partial charge in [0.15, 0.2) is 5.01 Å². The second kappa shape index (κ2) is 9.80. The van der Waals surface area contributed by atoms with Crippen molar-refractivity contribution in [3.05, 3.63) is 76.5 Å². The van der Waals surface area contributed by atoms with E-state index in [1.54, 1.807) is 24.1 Å². The van der Waals surface area contributed by atoms with E-state index in [-0.39, 0.29) is 11.6 Å². The molecule has 4 aromatic rings. The summed E-state index contributed by atoms with van der Waals surface area (Å²) >= 11 is 1.33. The number of nitrogens with zero attached hydrogens (tertiary/aromatic N) is 5. The molecule has 9 nitrogen and oxygen atoms in total. The number of halogens is 1. The molecule has 0 atom stereocenters. The summed E-state index contributed by atoms with van der Waals surface area (Å²) in [6.07, 6.45) is 0. The van der Waals surface area contributed by atoms with Crippen molar-refractivity contribution in [2.75, 3.05) is 38.6 Å². The first kappa shape index (κ1) is 22.9. The minimum absolute atomic E-state index is 0.240. The number of para-hydroxylation sites is 1. The van der Waals surface area contributed by atoms with E-state index in [1.165, 1.54) is 34.1 Å². The van der Waals surface area contributed by atoms with Gasteiger partial charge in [-0.05, 0) is 30.3 Å². The van der Waals surface area contributed by atoms with Crippen molar-refractivity contribution >= 4 is 28.0 Å². The van der Waals surface area contributed by atoms with Crippen LogP contribution in [0.5, 0.6) is 5.75 Å². The topological polar surface area (TPSA) is 92.1 Å². The second-order valence-corrected chi connectivity index (χ2v) is 9.05. The fraction of sp³-hybridized carbons (Fsp3) is 0.250. The van der Waals surface area contributed by atoms with E-state index in [0.717, 1.165) is 5.56 Å². The van der Waals surface area contributed by atoms with Crippen LogP contribution >= 0.6 is 11.3 Å². The lowest BCUT2D eigenvalue weighted by Gasteiger charge is -2.34. The minimum atomic E-state index is -0.399. The Morgan fingerprint density at radius 2 is 1.91 bits per heavy atom. The molecule has 0 bridgehead atoms. The Balaban J connectivity index is 1.25. The number of piperazine rings is 1. The van der Waals surface area contributed by atoms with Gasteiger partial charge >= 0.3 is 6.03 Å². The molecule has 2 amide bonds. The molecular weight excluding hydrogens is 471 g/mol. The van der Waals surface area contributed by atoms with E-state index >= 15 is 0 Å². The molecule has 11 heteroatoms. The first-order valence-electron chi connectivity index (χ1n) is 11.1. The van der Waals surface area contributed by atoms with Gasteiger partial charge in [-0.1, -0.05) is 29.5 Å². The number of rotatable bonds is 5. The van der Waals surface area contributed by atoms with Gasteiger partial charge in [0, 0.05) is 44.5 Å².